The van der Waals surface area contributed by atoms with Crippen molar-refractivity contribution in [1.29, 1.82) is 0 Å². The van der Waals surface area contributed by atoms with Gasteiger partial charge in [0, 0.05) is 5.56 Å². The van der Waals surface area contributed by atoms with Gasteiger partial charge in [0.05, 0.1) is 10.2 Å². The Bertz CT molecular complexity index is 692. The molecule has 1 heterocycles. The van der Waals surface area contributed by atoms with Gasteiger partial charge in [-0.05, 0) is 24.6 Å². The molecule has 0 aliphatic carbocycles. The molecule has 0 bridgehead atoms. The Morgan fingerprint density at radius 1 is 1.06 bits per heavy atom. The number of para-hydroxylation sites is 1. The molecule has 0 aliphatic heterocycles. The number of thiazole rings is 1. The number of hydrogen-bond acceptors (Lipinski definition) is 2. The second kappa shape index (κ2) is 4.39. The molecular formula is C16H13NS. The lowest BCUT2D eigenvalue weighted by atomic mass is 10.0. The Labute approximate surface area is 110 Å². The summed E-state index contributed by atoms with van der Waals surface area (Å²) in [6.45, 7) is 6.08. The molecule has 0 radical (unpaired) electrons. The Morgan fingerprint density at radius 2 is 1.78 bits per heavy atom. The van der Waals surface area contributed by atoms with Crippen LogP contribution in [0, 0.1) is 0 Å². The number of benzene rings is 2. The zero-order valence-electron chi connectivity index (χ0n) is 10.2. The minimum atomic E-state index is 1.06. The fourth-order valence-corrected chi connectivity index (χ4v) is 3.03. The highest BCUT2D eigenvalue weighted by Crippen LogP contribution is 2.33. The predicted octanol–water partition coefficient (Wildman–Crippen LogP) is 5.00. The monoisotopic (exact) mass is 251 g/mol. The molecular weight excluding hydrogens is 238 g/mol. The van der Waals surface area contributed by atoms with E-state index >= 15 is 0 Å². The van der Waals surface area contributed by atoms with Crippen molar-refractivity contribution in [3.63, 3.8) is 0 Å². The molecule has 3 aromatic rings. The largest absolute Gasteiger partial charge is 0.236 e. The van der Waals surface area contributed by atoms with Crippen LogP contribution in [-0.4, -0.2) is 4.98 Å². The molecule has 1 nitrogen and oxygen atoms in total. The number of rotatable bonds is 2. The number of nitrogens with zero attached hydrogens (tertiary/aromatic N) is 1. The number of fused-ring (bicyclic) bond motifs is 1. The smallest absolute Gasteiger partial charge is 0.125 e. The van der Waals surface area contributed by atoms with Crippen molar-refractivity contribution in [3.05, 3.63) is 60.7 Å². The summed E-state index contributed by atoms with van der Waals surface area (Å²) in [7, 11) is 0. The topological polar surface area (TPSA) is 12.9 Å². The minimum Gasteiger partial charge on any atom is -0.236 e. The first-order valence-corrected chi connectivity index (χ1v) is 6.68. The third-order valence-electron chi connectivity index (χ3n) is 2.91. The van der Waals surface area contributed by atoms with Gasteiger partial charge in [0.2, 0.25) is 0 Å². The first-order valence-electron chi connectivity index (χ1n) is 5.86. The van der Waals surface area contributed by atoms with Gasteiger partial charge in [-0.25, -0.2) is 4.98 Å². The molecule has 0 fully saturated rings. The summed E-state index contributed by atoms with van der Waals surface area (Å²) in [6, 6.07) is 16.5. The van der Waals surface area contributed by atoms with E-state index in [1.165, 1.54) is 15.8 Å². The third kappa shape index (κ3) is 1.85. The zero-order chi connectivity index (χ0) is 12.5. The first-order chi connectivity index (χ1) is 8.75. The van der Waals surface area contributed by atoms with Gasteiger partial charge in [-0.15, -0.1) is 11.3 Å². The van der Waals surface area contributed by atoms with Crippen molar-refractivity contribution in [2.45, 2.75) is 6.92 Å². The third-order valence-corrected chi connectivity index (χ3v) is 3.98. The average molecular weight is 251 g/mol. The van der Waals surface area contributed by atoms with Crippen molar-refractivity contribution in [3.8, 4) is 10.6 Å². The molecule has 0 saturated carbocycles. The van der Waals surface area contributed by atoms with Crippen LogP contribution in [0.1, 0.15) is 12.5 Å². The summed E-state index contributed by atoms with van der Waals surface area (Å²) >= 11 is 1.73. The van der Waals surface area contributed by atoms with E-state index in [0.29, 0.717) is 0 Å². The predicted molar refractivity (Wildman–Crippen MR) is 79.8 cm³/mol. The number of allylic oxidation sites excluding steroid dienone is 1. The van der Waals surface area contributed by atoms with Crippen LogP contribution in [0.4, 0.5) is 0 Å². The summed E-state index contributed by atoms with van der Waals surface area (Å²) in [6.07, 6.45) is 0. The lowest BCUT2D eigenvalue weighted by Crippen LogP contribution is -1.84. The van der Waals surface area contributed by atoms with Gasteiger partial charge in [-0.2, -0.15) is 0 Å². The van der Waals surface area contributed by atoms with Gasteiger partial charge in [-0.3, -0.25) is 0 Å². The van der Waals surface area contributed by atoms with Gasteiger partial charge in [0.15, 0.2) is 0 Å². The summed E-state index contributed by atoms with van der Waals surface area (Å²) in [4.78, 5) is 4.70. The normalized spacial score (nSPS) is 10.7. The van der Waals surface area contributed by atoms with Crippen LogP contribution in [0.2, 0.25) is 0 Å². The van der Waals surface area contributed by atoms with Crippen molar-refractivity contribution in [2.75, 3.05) is 0 Å². The second-order valence-electron chi connectivity index (χ2n) is 4.31. The van der Waals surface area contributed by atoms with Crippen LogP contribution in [-0.2, 0) is 0 Å². The summed E-state index contributed by atoms with van der Waals surface area (Å²) in [5.41, 5.74) is 4.49. The maximum Gasteiger partial charge on any atom is 0.125 e. The molecule has 0 unspecified atom stereocenters. The van der Waals surface area contributed by atoms with Crippen LogP contribution in [0.15, 0.2) is 55.1 Å². The fraction of sp³-hybridized carbons (Fsp3) is 0.0625. The number of aromatic nitrogens is 1. The van der Waals surface area contributed by atoms with Crippen molar-refractivity contribution >= 4 is 27.1 Å². The molecule has 0 N–H and O–H groups in total. The van der Waals surface area contributed by atoms with Crippen LogP contribution >= 0.6 is 11.3 Å². The quantitative estimate of drug-likeness (QED) is 0.624. The average Bonchev–Trinajstić information content (AvgIpc) is 2.82. The van der Waals surface area contributed by atoms with Gasteiger partial charge < -0.3 is 0 Å². The van der Waals surface area contributed by atoms with Gasteiger partial charge in [0.1, 0.15) is 5.01 Å². The highest BCUT2D eigenvalue weighted by atomic mass is 32.1. The second-order valence-corrected chi connectivity index (χ2v) is 5.34. The molecule has 3 rings (SSSR count). The molecule has 2 aromatic carbocycles. The summed E-state index contributed by atoms with van der Waals surface area (Å²) < 4.78 is 1.23. The zero-order valence-corrected chi connectivity index (χ0v) is 11.0. The van der Waals surface area contributed by atoms with Crippen LogP contribution in [0.5, 0.6) is 0 Å². The molecule has 0 amide bonds. The van der Waals surface area contributed by atoms with E-state index in [1.54, 1.807) is 11.3 Å². The Balaban J connectivity index is 2.23. The molecule has 0 atom stereocenters. The van der Waals surface area contributed by atoms with Crippen LogP contribution in [0.25, 0.3) is 26.4 Å². The van der Waals surface area contributed by atoms with Crippen molar-refractivity contribution in [2.24, 2.45) is 0 Å². The maximum atomic E-state index is 4.70. The molecule has 1 aromatic heterocycles. The Kier molecular flexibility index (Phi) is 2.73. The van der Waals surface area contributed by atoms with E-state index in [2.05, 4.69) is 36.9 Å². The van der Waals surface area contributed by atoms with E-state index in [1.807, 2.05) is 25.1 Å². The molecule has 0 saturated heterocycles. The molecule has 2 heteroatoms. The van der Waals surface area contributed by atoms with E-state index in [9.17, 15) is 0 Å². The molecule has 0 spiro atoms. The summed E-state index contributed by atoms with van der Waals surface area (Å²) in [5.74, 6) is 0. The van der Waals surface area contributed by atoms with E-state index in [-0.39, 0.29) is 0 Å². The first kappa shape index (κ1) is 11.2. The van der Waals surface area contributed by atoms with Gasteiger partial charge in [-0.1, -0.05) is 48.6 Å². The van der Waals surface area contributed by atoms with E-state index in [4.69, 9.17) is 4.98 Å². The maximum absolute atomic E-state index is 4.70. The SMILES string of the molecule is C=C(C)c1ccccc1-c1nc2ccccc2s1. The summed E-state index contributed by atoms with van der Waals surface area (Å²) in [5, 5.41) is 1.06. The lowest BCUT2D eigenvalue weighted by molar-refractivity contribution is 1.46. The highest BCUT2D eigenvalue weighted by Gasteiger charge is 2.09. The highest BCUT2D eigenvalue weighted by molar-refractivity contribution is 7.21. The van der Waals surface area contributed by atoms with Crippen molar-refractivity contribution < 1.29 is 0 Å². The van der Waals surface area contributed by atoms with Crippen LogP contribution < -0.4 is 0 Å². The Hall–Kier alpha value is -1.93. The minimum absolute atomic E-state index is 1.06. The van der Waals surface area contributed by atoms with Gasteiger partial charge in [0.25, 0.3) is 0 Å². The molecule has 0 aliphatic rings. The number of hydrogen-bond donors (Lipinski definition) is 0. The fourth-order valence-electron chi connectivity index (χ4n) is 2.03. The van der Waals surface area contributed by atoms with E-state index in [0.717, 1.165) is 16.1 Å². The van der Waals surface area contributed by atoms with Crippen molar-refractivity contribution in [1.82, 2.24) is 4.98 Å². The standard InChI is InChI=1S/C16H13NS/c1-11(2)12-7-3-4-8-13(12)16-17-14-9-5-6-10-15(14)18-16/h3-10H,1H2,2H3. The van der Waals surface area contributed by atoms with Crippen LogP contribution in [0.3, 0.4) is 0 Å². The van der Waals surface area contributed by atoms with E-state index < -0.39 is 0 Å². The lowest BCUT2D eigenvalue weighted by Gasteiger charge is -2.05. The van der Waals surface area contributed by atoms with Gasteiger partial charge >= 0.3 is 0 Å². The molecule has 18 heavy (non-hydrogen) atoms. The molecule has 88 valence electrons. The Morgan fingerprint density at radius 3 is 2.56 bits per heavy atom.